The minimum absolute atomic E-state index is 0.144. The summed E-state index contributed by atoms with van der Waals surface area (Å²) in [7, 11) is 0. The zero-order valence-electron chi connectivity index (χ0n) is 12.5. The van der Waals surface area contributed by atoms with Gasteiger partial charge in [0.15, 0.2) is 0 Å². The standard InChI is InChI=1S/C15H17N3O3S/c1-3-5-10-14(19)18(15(20)17-10)8-11-9(2)21-13(16-11)12-6-4-7-22-12/h4,6-7,10H,3,5,8H2,1-2H3,(H,17,20). The second-order valence-electron chi connectivity index (χ2n) is 5.21. The zero-order chi connectivity index (χ0) is 15.7. The molecule has 0 radical (unpaired) electrons. The maximum Gasteiger partial charge on any atom is 0.325 e. The van der Waals surface area contributed by atoms with Crippen molar-refractivity contribution in [3.8, 4) is 10.8 Å². The molecule has 6 nitrogen and oxygen atoms in total. The number of carbonyl (C=O) groups is 2. The number of nitrogens with one attached hydrogen (secondary N) is 1. The van der Waals surface area contributed by atoms with E-state index in [1.165, 1.54) is 16.2 Å². The summed E-state index contributed by atoms with van der Waals surface area (Å²) in [5.41, 5.74) is 0.615. The summed E-state index contributed by atoms with van der Waals surface area (Å²) in [6.07, 6.45) is 1.50. The highest BCUT2D eigenvalue weighted by Gasteiger charge is 2.38. The van der Waals surface area contributed by atoms with E-state index in [2.05, 4.69) is 10.3 Å². The van der Waals surface area contributed by atoms with E-state index in [4.69, 9.17) is 4.42 Å². The number of imide groups is 1. The summed E-state index contributed by atoms with van der Waals surface area (Å²) in [4.78, 5) is 30.8. The molecule has 116 valence electrons. The van der Waals surface area contributed by atoms with Crippen LogP contribution in [0.3, 0.4) is 0 Å². The van der Waals surface area contributed by atoms with Gasteiger partial charge in [0.1, 0.15) is 17.5 Å². The lowest BCUT2D eigenvalue weighted by Crippen LogP contribution is -2.31. The summed E-state index contributed by atoms with van der Waals surface area (Å²) < 4.78 is 5.64. The molecule has 22 heavy (non-hydrogen) atoms. The van der Waals surface area contributed by atoms with E-state index in [0.29, 0.717) is 23.8 Å². The number of nitrogens with zero attached hydrogens (tertiary/aromatic N) is 2. The minimum atomic E-state index is -0.415. The fourth-order valence-electron chi connectivity index (χ4n) is 2.44. The van der Waals surface area contributed by atoms with Gasteiger partial charge in [0.05, 0.1) is 11.4 Å². The summed E-state index contributed by atoms with van der Waals surface area (Å²) in [6.45, 7) is 3.92. The van der Waals surface area contributed by atoms with E-state index in [1.807, 2.05) is 24.4 Å². The average Bonchev–Trinajstić information content (AvgIpc) is 3.17. The van der Waals surface area contributed by atoms with Gasteiger partial charge in [-0.05, 0) is 24.8 Å². The first kappa shape index (κ1) is 14.8. The van der Waals surface area contributed by atoms with Crippen LogP contribution in [0.4, 0.5) is 4.79 Å². The van der Waals surface area contributed by atoms with Gasteiger partial charge in [0, 0.05) is 0 Å². The Bertz CT molecular complexity index is 693. The molecule has 1 aliphatic rings. The summed E-state index contributed by atoms with van der Waals surface area (Å²) in [6, 6.07) is 3.07. The third-order valence-corrected chi connectivity index (χ3v) is 4.47. The molecule has 2 aromatic rings. The lowest BCUT2D eigenvalue weighted by molar-refractivity contribution is -0.128. The van der Waals surface area contributed by atoms with Crippen molar-refractivity contribution >= 4 is 23.3 Å². The molecule has 0 aliphatic carbocycles. The van der Waals surface area contributed by atoms with Gasteiger partial charge >= 0.3 is 6.03 Å². The Morgan fingerprint density at radius 1 is 1.45 bits per heavy atom. The number of aromatic nitrogens is 1. The third kappa shape index (κ3) is 2.64. The van der Waals surface area contributed by atoms with Crippen molar-refractivity contribution in [1.82, 2.24) is 15.2 Å². The zero-order valence-corrected chi connectivity index (χ0v) is 13.3. The largest absolute Gasteiger partial charge is 0.440 e. The van der Waals surface area contributed by atoms with Crippen LogP contribution in [0.25, 0.3) is 10.8 Å². The van der Waals surface area contributed by atoms with Gasteiger partial charge in [-0.15, -0.1) is 11.3 Å². The van der Waals surface area contributed by atoms with Crippen molar-refractivity contribution in [2.24, 2.45) is 0 Å². The molecule has 1 saturated heterocycles. The molecule has 3 amide bonds. The summed E-state index contributed by atoms with van der Waals surface area (Å²) in [5, 5.41) is 4.66. The van der Waals surface area contributed by atoms with Crippen LogP contribution in [0.5, 0.6) is 0 Å². The summed E-state index contributed by atoms with van der Waals surface area (Å²) >= 11 is 1.53. The third-order valence-electron chi connectivity index (χ3n) is 3.62. The Morgan fingerprint density at radius 3 is 2.95 bits per heavy atom. The number of amides is 3. The quantitative estimate of drug-likeness (QED) is 0.860. The predicted molar refractivity (Wildman–Crippen MR) is 82.3 cm³/mol. The smallest absolute Gasteiger partial charge is 0.325 e. The molecule has 1 aliphatic heterocycles. The maximum atomic E-state index is 12.2. The molecular formula is C15H17N3O3S. The number of urea groups is 1. The second kappa shape index (κ2) is 5.92. The predicted octanol–water partition coefficient (Wildman–Crippen LogP) is 2.93. The van der Waals surface area contributed by atoms with E-state index < -0.39 is 6.04 Å². The topological polar surface area (TPSA) is 75.4 Å². The molecule has 0 aromatic carbocycles. The molecule has 2 aromatic heterocycles. The second-order valence-corrected chi connectivity index (χ2v) is 6.16. The lowest BCUT2D eigenvalue weighted by atomic mass is 10.1. The Hall–Kier alpha value is -2.15. The fourth-order valence-corrected chi connectivity index (χ4v) is 3.09. The van der Waals surface area contributed by atoms with Gasteiger partial charge in [0.2, 0.25) is 5.89 Å². The number of carbonyl (C=O) groups excluding carboxylic acids is 2. The van der Waals surface area contributed by atoms with Crippen LogP contribution >= 0.6 is 11.3 Å². The fraction of sp³-hybridized carbons (Fsp3) is 0.400. The van der Waals surface area contributed by atoms with E-state index in [-0.39, 0.29) is 18.5 Å². The van der Waals surface area contributed by atoms with Crippen LogP contribution in [-0.2, 0) is 11.3 Å². The Kier molecular flexibility index (Phi) is 3.98. The molecule has 1 fully saturated rings. The first-order valence-corrected chi connectivity index (χ1v) is 8.10. The molecule has 0 spiro atoms. The normalized spacial score (nSPS) is 18.1. The lowest BCUT2D eigenvalue weighted by Gasteiger charge is -2.11. The number of thiophene rings is 1. The first-order chi connectivity index (χ1) is 10.6. The Morgan fingerprint density at radius 2 is 2.27 bits per heavy atom. The monoisotopic (exact) mass is 319 g/mol. The molecule has 1 unspecified atom stereocenters. The molecule has 3 heterocycles. The van der Waals surface area contributed by atoms with Gasteiger partial charge in [-0.25, -0.2) is 9.78 Å². The number of hydrogen-bond donors (Lipinski definition) is 1. The number of hydrogen-bond acceptors (Lipinski definition) is 5. The molecule has 1 N–H and O–H groups in total. The number of aryl methyl sites for hydroxylation is 1. The Labute approximate surface area is 132 Å². The molecule has 7 heteroatoms. The minimum Gasteiger partial charge on any atom is -0.440 e. The molecular weight excluding hydrogens is 302 g/mol. The van der Waals surface area contributed by atoms with E-state index >= 15 is 0 Å². The van der Waals surface area contributed by atoms with Gasteiger partial charge < -0.3 is 9.73 Å². The van der Waals surface area contributed by atoms with E-state index in [1.54, 1.807) is 6.92 Å². The van der Waals surface area contributed by atoms with Crippen molar-refractivity contribution in [2.45, 2.75) is 39.3 Å². The van der Waals surface area contributed by atoms with Crippen LogP contribution in [-0.4, -0.2) is 27.9 Å². The van der Waals surface area contributed by atoms with E-state index in [0.717, 1.165) is 11.3 Å². The number of oxazole rings is 1. The van der Waals surface area contributed by atoms with Crippen LogP contribution in [0.1, 0.15) is 31.2 Å². The SMILES string of the molecule is CCCC1NC(=O)N(Cc2nc(-c3cccs3)oc2C)C1=O. The van der Waals surface area contributed by atoms with Gasteiger partial charge in [-0.2, -0.15) is 0 Å². The summed E-state index contributed by atoms with van der Waals surface area (Å²) in [5.74, 6) is 0.967. The van der Waals surface area contributed by atoms with Crippen LogP contribution < -0.4 is 5.32 Å². The van der Waals surface area contributed by atoms with Crippen LogP contribution in [0.2, 0.25) is 0 Å². The van der Waals surface area contributed by atoms with Crippen LogP contribution in [0.15, 0.2) is 21.9 Å². The Balaban J connectivity index is 1.79. The molecule has 3 rings (SSSR count). The van der Waals surface area contributed by atoms with E-state index in [9.17, 15) is 9.59 Å². The van der Waals surface area contributed by atoms with Gasteiger partial charge in [-0.3, -0.25) is 9.69 Å². The van der Waals surface area contributed by atoms with Crippen molar-refractivity contribution in [3.63, 3.8) is 0 Å². The first-order valence-electron chi connectivity index (χ1n) is 7.22. The van der Waals surface area contributed by atoms with Crippen molar-refractivity contribution < 1.29 is 14.0 Å². The van der Waals surface area contributed by atoms with Gasteiger partial charge in [0.25, 0.3) is 5.91 Å². The van der Waals surface area contributed by atoms with Crippen molar-refractivity contribution in [1.29, 1.82) is 0 Å². The van der Waals surface area contributed by atoms with Crippen molar-refractivity contribution in [2.75, 3.05) is 0 Å². The molecule has 0 bridgehead atoms. The van der Waals surface area contributed by atoms with Crippen molar-refractivity contribution in [3.05, 3.63) is 29.0 Å². The van der Waals surface area contributed by atoms with Gasteiger partial charge in [-0.1, -0.05) is 19.4 Å². The molecule has 0 saturated carbocycles. The highest BCUT2D eigenvalue weighted by molar-refractivity contribution is 7.13. The highest BCUT2D eigenvalue weighted by Crippen LogP contribution is 2.27. The number of rotatable bonds is 5. The maximum absolute atomic E-state index is 12.2. The highest BCUT2D eigenvalue weighted by atomic mass is 32.1. The van der Waals surface area contributed by atoms with Crippen LogP contribution in [0, 0.1) is 6.92 Å². The molecule has 1 atom stereocenters. The average molecular weight is 319 g/mol.